The SMILES string of the molecule is CC(CC#N)N(C)c1nc2ccccc2nc1N. The van der Waals surface area contributed by atoms with Gasteiger partial charge in [0.1, 0.15) is 0 Å². The lowest BCUT2D eigenvalue weighted by atomic mass is 10.2. The third kappa shape index (κ3) is 2.18. The van der Waals surface area contributed by atoms with E-state index < -0.39 is 0 Å². The van der Waals surface area contributed by atoms with Gasteiger partial charge in [-0.2, -0.15) is 5.26 Å². The summed E-state index contributed by atoms with van der Waals surface area (Å²) >= 11 is 0. The maximum absolute atomic E-state index is 8.73. The topological polar surface area (TPSA) is 78.8 Å². The van der Waals surface area contributed by atoms with Crippen LogP contribution in [0.5, 0.6) is 0 Å². The van der Waals surface area contributed by atoms with Crippen molar-refractivity contribution >= 4 is 22.7 Å². The Labute approximate surface area is 106 Å². The largest absolute Gasteiger partial charge is 0.381 e. The van der Waals surface area contributed by atoms with Crippen LogP contribution in [0.2, 0.25) is 0 Å². The molecule has 0 bridgehead atoms. The quantitative estimate of drug-likeness (QED) is 0.888. The van der Waals surface area contributed by atoms with Crippen LogP contribution in [0.4, 0.5) is 11.6 Å². The van der Waals surface area contributed by atoms with E-state index in [1.54, 1.807) is 0 Å². The van der Waals surface area contributed by atoms with E-state index in [2.05, 4.69) is 16.0 Å². The Kier molecular flexibility index (Phi) is 3.28. The molecule has 0 saturated heterocycles. The summed E-state index contributed by atoms with van der Waals surface area (Å²) in [5.41, 5.74) is 7.50. The molecular weight excluding hydrogens is 226 g/mol. The molecule has 92 valence electrons. The number of para-hydroxylation sites is 2. The van der Waals surface area contributed by atoms with Crippen molar-refractivity contribution in [1.82, 2.24) is 9.97 Å². The second kappa shape index (κ2) is 4.88. The zero-order chi connectivity index (χ0) is 13.1. The van der Waals surface area contributed by atoms with Crippen LogP contribution in [0.3, 0.4) is 0 Å². The predicted octanol–water partition coefficient (Wildman–Crippen LogP) is 1.95. The van der Waals surface area contributed by atoms with Crippen LogP contribution < -0.4 is 10.6 Å². The van der Waals surface area contributed by atoms with Crippen LogP contribution in [0.25, 0.3) is 11.0 Å². The Morgan fingerprint density at radius 3 is 2.56 bits per heavy atom. The van der Waals surface area contributed by atoms with E-state index in [-0.39, 0.29) is 6.04 Å². The van der Waals surface area contributed by atoms with E-state index in [0.717, 1.165) is 11.0 Å². The highest BCUT2D eigenvalue weighted by atomic mass is 15.2. The number of hydrogen-bond donors (Lipinski definition) is 1. The Balaban J connectivity index is 2.44. The number of anilines is 2. The maximum atomic E-state index is 8.73. The molecular formula is C13H15N5. The minimum Gasteiger partial charge on any atom is -0.381 e. The van der Waals surface area contributed by atoms with Crippen LogP contribution >= 0.6 is 0 Å². The minimum atomic E-state index is 0.0489. The fourth-order valence-corrected chi connectivity index (χ4v) is 1.74. The first kappa shape index (κ1) is 12.1. The van der Waals surface area contributed by atoms with Crippen LogP contribution in [-0.2, 0) is 0 Å². The Morgan fingerprint density at radius 2 is 1.94 bits per heavy atom. The molecule has 1 unspecified atom stereocenters. The fraction of sp³-hybridized carbons (Fsp3) is 0.308. The van der Waals surface area contributed by atoms with Gasteiger partial charge < -0.3 is 10.6 Å². The zero-order valence-electron chi connectivity index (χ0n) is 10.5. The molecule has 2 aromatic rings. The molecule has 5 heteroatoms. The van der Waals surface area contributed by atoms with Crippen molar-refractivity contribution in [1.29, 1.82) is 5.26 Å². The summed E-state index contributed by atoms with van der Waals surface area (Å²) in [4.78, 5) is 10.7. The van der Waals surface area contributed by atoms with Crippen molar-refractivity contribution in [3.8, 4) is 6.07 Å². The van der Waals surface area contributed by atoms with Crippen molar-refractivity contribution in [2.45, 2.75) is 19.4 Å². The zero-order valence-corrected chi connectivity index (χ0v) is 10.5. The molecule has 0 aliphatic rings. The van der Waals surface area contributed by atoms with Gasteiger partial charge in [-0.3, -0.25) is 0 Å². The fourth-order valence-electron chi connectivity index (χ4n) is 1.74. The molecule has 1 aromatic carbocycles. The molecule has 18 heavy (non-hydrogen) atoms. The molecule has 5 nitrogen and oxygen atoms in total. The molecule has 0 fully saturated rings. The van der Waals surface area contributed by atoms with Crippen LogP contribution in [-0.4, -0.2) is 23.1 Å². The van der Waals surface area contributed by atoms with Crippen LogP contribution in [0, 0.1) is 11.3 Å². The van der Waals surface area contributed by atoms with Gasteiger partial charge in [-0.25, -0.2) is 9.97 Å². The van der Waals surface area contributed by atoms with Gasteiger partial charge in [0.25, 0.3) is 0 Å². The number of nitrogens with zero attached hydrogens (tertiary/aromatic N) is 4. The number of fused-ring (bicyclic) bond motifs is 1. The summed E-state index contributed by atoms with van der Waals surface area (Å²) in [6.07, 6.45) is 0.421. The lowest BCUT2D eigenvalue weighted by molar-refractivity contribution is 0.695. The number of hydrogen-bond acceptors (Lipinski definition) is 5. The van der Waals surface area contributed by atoms with Gasteiger partial charge in [-0.15, -0.1) is 0 Å². The predicted molar refractivity (Wildman–Crippen MR) is 72.0 cm³/mol. The van der Waals surface area contributed by atoms with Crippen LogP contribution in [0.15, 0.2) is 24.3 Å². The van der Waals surface area contributed by atoms with Gasteiger partial charge in [0.15, 0.2) is 11.6 Å². The first-order valence-corrected chi connectivity index (χ1v) is 5.75. The molecule has 1 atom stereocenters. The number of nitriles is 1. The summed E-state index contributed by atoms with van der Waals surface area (Å²) in [7, 11) is 1.87. The molecule has 0 radical (unpaired) electrons. The smallest absolute Gasteiger partial charge is 0.172 e. The van der Waals surface area contributed by atoms with Crippen LogP contribution in [0.1, 0.15) is 13.3 Å². The molecule has 1 aromatic heterocycles. The Morgan fingerprint density at radius 1 is 1.33 bits per heavy atom. The highest BCUT2D eigenvalue weighted by Crippen LogP contribution is 2.23. The van der Waals surface area contributed by atoms with E-state index >= 15 is 0 Å². The Bertz CT molecular complexity index is 602. The van der Waals surface area contributed by atoms with Gasteiger partial charge in [-0.1, -0.05) is 12.1 Å². The number of nitrogens with two attached hydrogens (primary N) is 1. The normalized spacial score (nSPS) is 12.1. The molecule has 1 heterocycles. The minimum absolute atomic E-state index is 0.0489. The second-order valence-electron chi connectivity index (χ2n) is 4.24. The summed E-state index contributed by atoms with van der Waals surface area (Å²) in [5.74, 6) is 1.01. The third-order valence-corrected chi connectivity index (χ3v) is 2.96. The summed E-state index contributed by atoms with van der Waals surface area (Å²) < 4.78 is 0. The van der Waals surface area contributed by atoms with Gasteiger partial charge in [-0.05, 0) is 19.1 Å². The van der Waals surface area contributed by atoms with Crippen molar-refractivity contribution in [2.24, 2.45) is 0 Å². The van der Waals surface area contributed by atoms with E-state index in [4.69, 9.17) is 11.0 Å². The average Bonchev–Trinajstić information content (AvgIpc) is 2.37. The molecule has 0 amide bonds. The van der Waals surface area contributed by atoms with Gasteiger partial charge in [0.2, 0.25) is 0 Å². The van der Waals surface area contributed by atoms with Gasteiger partial charge in [0, 0.05) is 13.1 Å². The molecule has 2 N–H and O–H groups in total. The lowest BCUT2D eigenvalue weighted by Crippen LogP contribution is -2.30. The maximum Gasteiger partial charge on any atom is 0.172 e. The second-order valence-corrected chi connectivity index (χ2v) is 4.24. The van der Waals surface area contributed by atoms with E-state index in [1.165, 1.54) is 0 Å². The third-order valence-electron chi connectivity index (χ3n) is 2.96. The van der Waals surface area contributed by atoms with Crippen molar-refractivity contribution in [2.75, 3.05) is 17.7 Å². The van der Waals surface area contributed by atoms with E-state index in [9.17, 15) is 0 Å². The first-order valence-electron chi connectivity index (χ1n) is 5.75. The monoisotopic (exact) mass is 241 g/mol. The van der Waals surface area contributed by atoms with E-state index in [0.29, 0.717) is 18.1 Å². The molecule has 0 aliphatic heterocycles. The number of aromatic nitrogens is 2. The van der Waals surface area contributed by atoms with Crippen molar-refractivity contribution in [3.05, 3.63) is 24.3 Å². The van der Waals surface area contributed by atoms with Crippen molar-refractivity contribution < 1.29 is 0 Å². The number of nitrogen functional groups attached to an aromatic ring is 1. The first-order chi connectivity index (χ1) is 8.63. The molecule has 2 rings (SSSR count). The van der Waals surface area contributed by atoms with Crippen molar-refractivity contribution in [3.63, 3.8) is 0 Å². The molecule has 0 saturated carbocycles. The Hall–Kier alpha value is -2.35. The lowest BCUT2D eigenvalue weighted by Gasteiger charge is -2.24. The number of rotatable bonds is 3. The summed E-state index contributed by atoms with van der Waals surface area (Å²) in [6, 6.07) is 9.78. The summed E-state index contributed by atoms with van der Waals surface area (Å²) in [6.45, 7) is 1.96. The standard InChI is InChI=1S/C13H15N5/c1-9(7-8-14)18(2)13-12(15)16-10-5-3-4-6-11(10)17-13/h3-6,9H,7H2,1-2H3,(H2,15,16). The van der Waals surface area contributed by atoms with Gasteiger partial charge >= 0.3 is 0 Å². The van der Waals surface area contributed by atoms with E-state index in [1.807, 2.05) is 43.1 Å². The van der Waals surface area contributed by atoms with Gasteiger partial charge in [0.05, 0.1) is 23.5 Å². The highest BCUT2D eigenvalue weighted by Gasteiger charge is 2.15. The highest BCUT2D eigenvalue weighted by molar-refractivity contribution is 5.79. The average molecular weight is 241 g/mol. The summed E-state index contributed by atoms with van der Waals surface area (Å²) in [5, 5.41) is 8.73. The molecule has 0 spiro atoms. The molecule has 0 aliphatic carbocycles. The number of benzene rings is 1.